The van der Waals surface area contributed by atoms with E-state index in [1.54, 1.807) is 7.11 Å². The van der Waals surface area contributed by atoms with Crippen LogP contribution in [-0.2, 0) is 16.1 Å². The van der Waals surface area contributed by atoms with Crippen molar-refractivity contribution in [2.75, 3.05) is 50.5 Å². The number of methoxy groups -OCH3 is 1. The van der Waals surface area contributed by atoms with Crippen molar-refractivity contribution in [2.45, 2.75) is 18.6 Å². The maximum atomic E-state index is 12.8. The van der Waals surface area contributed by atoms with Crippen LogP contribution < -0.4 is 4.90 Å². The Bertz CT molecular complexity index is 1010. The molecule has 0 radical (unpaired) electrons. The number of imidazole rings is 1. The highest BCUT2D eigenvalue weighted by molar-refractivity contribution is 7.99. The predicted octanol–water partition coefficient (Wildman–Crippen LogP) is 3.43. The van der Waals surface area contributed by atoms with Crippen LogP contribution in [0.25, 0.3) is 11.0 Å². The second kappa shape index (κ2) is 9.53. The molecule has 0 N–H and O–H groups in total. The summed E-state index contributed by atoms with van der Waals surface area (Å²) in [5.74, 6) is 0.579. The van der Waals surface area contributed by atoms with Crippen LogP contribution in [0, 0.1) is 6.92 Å². The number of amides is 1. The Labute approximate surface area is 181 Å². The van der Waals surface area contributed by atoms with Gasteiger partial charge in [-0.2, -0.15) is 0 Å². The van der Waals surface area contributed by atoms with Crippen molar-refractivity contribution in [3.63, 3.8) is 0 Å². The van der Waals surface area contributed by atoms with Gasteiger partial charge in [-0.1, -0.05) is 36.0 Å². The van der Waals surface area contributed by atoms with Crippen LogP contribution in [-0.4, -0.2) is 66.0 Å². The molecule has 6 nitrogen and oxygen atoms in total. The molecule has 158 valence electrons. The monoisotopic (exact) mass is 424 g/mol. The van der Waals surface area contributed by atoms with Crippen molar-refractivity contribution < 1.29 is 9.53 Å². The minimum absolute atomic E-state index is 0.175. The van der Waals surface area contributed by atoms with Gasteiger partial charge in [0.25, 0.3) is 0 Å². The summed E-state index contributed by atoms with van der Waals surface area (Å²) in [6.45, 7) is 6.70. The summed E-state index contributed by atoms with van der Waals surface area (Å²) < 4.78 is 7.40. The summed E-state index contributed by atoms with van der Waals surface area (Å²) in [4.78, 5) is 21.9. The van der Waals surface area contributed by atoms with Crippen molar-refractivity contribution in [3.8, 4) is 0 Å². The molecule has 7 heteroatoms. The van der Waals surface area contributed by atoms with Gasteiger partial charge in [0.1, 0.15) is 0 Å². The number of ether oxygens (including phenoxy) is 1. The Morgan fingerprint density at radius 3 is 2.67 bits per heavy atom. The van der Waals surface area contributed by atoms with Crippen molar-refractivity contribution in [1.82, 2.24) is 14.5 Å². The zero-order valence-corrected chi connectivity index (χ0v) is 18.4. The second-order valence-electron chi connectivity index (χ2n) is 7.52. The van der Waals surface area contributed by atoms with Crippen molar-refractivity contribution in [2.24, 2.45) is 0 Å². The van der Waals surface area contributed by atoms with E-state index in [1.165, 1.54) is 23.0 Å². The molecule has 2 heterocycles. The van der Waals surface area contributed by atoms with Crippen molar-refractivity contribution in [3.05, 3.63) is 54.1 Å². The molecule has 0 unspecified atom stereocenters. The average molecular weight is 425 g/mol. The molecule has 0 atom stereocenters. The number of piperazine rings is 1. The molecule has 1 aromatic heterocycles. The smallest absolute Gasteiger partial charge is 0.233 e. The topological polar surface area (TPSA) is 50.6 Å². The third-order valence-electron chi connectivity index (χ3n) is 5.46. The molecule has 1 fully saturated rings. The fourth-order valence-electron chi connectivity index (χ4n) is 3.82. The normalized spacial score (nSPS) is 14.5. The number of fused-ring (bicyclic) bond motifs is 1. The number of carbonyl (C=O) groups excluding carboxylic acids is 1. The Morgan fingerprint density at radius 1 is 1.10 bits per heavy atom. The van der Waals surface area contributed by atoms with E-state index >= 15 is 0 Å². The first-order valence-electron chi connectivity index (χ1n) is 10.3. The number of aromatic nitrogens is 2. The van der Waals surface area contributed by atoms with Crippen molar-refractivity contribution >= 4 is 34.4 Å². The van der Waals surface area contributed by atoms with Gasteiger partial charge in [-0.3, -0.25) is 4.79 Å². The van der Waals surface area contributed by atoms with E-state index < -0.39 is 0 Å². The van der Waals surface area contributed by atoms with Crippen molar-refractivity contribution in [1.29, 1.82) is 0 Å². The minimum atomic E-state index is 0.175. The summed E-state index contributed by atoms with van der Waals surface area (Å²) in [7, 11) is 1.70. The molecule has 1 saturated heterocycles. The summed E-state index contributed by atoms with van der Waals surface area (Å²) in [6.07, 6.45) is 0. The lowest BCUT2D eigenvalue weighted by molar-refractivity contribution is -0.128. The van der Waals surface area contributed by atoms with Gasteiger partial charge in [0.05, 0.1) is 23.4 Å². The Balaban J connectivity index is 1.36. The molecule has 4 rings (SSSR count). The van der Waals surface area contributed by atoms with Gasteiger partial charge in [0.2, 0.25) is 5.91 Å². The first-order valence-corrected chi connectivity index (χ1v) is 11.3. The minimum Gasteiger partial charge on any atom is -0.383 e. The first kappa shape index (κ1) is 20.8. The van der Waals surface area contributed by atoms with Crippen LogP contribution >= 0.6 is 11.8 Å². The summed E-state index contributed by atoms with van der Waals surface area (Å²) >= 11 is 1.52. The molecule has 1 amide bonds. The number of benzene rings is 2. The molecule has 0 spiro atoms. The third-order valence-corrected chi connectivity index (χ3v) is 6.42. The lowest BCUT2D eigenvalue weighted by atomic mass is 10.2. The number of thioether (sulfide) groups is 1. The highest BCUT2D eigenvalue weighted by Crippen LogP contribution is 2.25. The largest absolute Gasteiger partial charge is 0.383 e. The molecular weight excluding hydrogens is 396 g/mol. The molecular formula is C23H28N4O2S. The van der Waals surface area contributed by atoms with Gasteiger partial charge < -0.3 is 19.1 Å². The number of rotatable bonds is 7. The number of hydrogen-bond acceptors (Lipinski definition) is 5. The molecule has 3 aromatic rings. The Kier molecular flexibility index (Phi) is 6.59. The maximum Gasteiger partial charge on any atom is 0.233 e. The van der Waals surface area contributed by atoms with E-state index in [4.69, 9.17) is 9.72 Å². The van der Waals surface area contributed by atoms with Crippen LogP contribution in [0.4, 0.5) is 5.69 Å². The number of aryl methyl sites for hydroxylation is 1. The fourth-order valence-corrected chi connectivity index (χ4v) is 4.76. The molecule has 1 aliphatic heterocycles. The lowest BCUT2D eigenvalue weighted by Gasteiger charge is -2.36. The van der Waals surface area contributed by atoms with E-state index in [-0.39, 0.29) is 5.91 Å². The Hall–Kier alpha value is -2.51. The second-order valence-corrected chi connectivity index (χ2v) is 8.47. The van der Waals surface area contributed by atoms with Gasteiger partial charge in [-0.25, -0.2) is 4.98 Å². The summed E-state index contributed by atoms with van der Waals surface area (Å²) in [5, 5.41) is 0.875. The Morgan fingerprint density at radius 2 is 1.90 bits per heavy atom. The van der Waals surface area contributed by atoms with Gasteiger partial charge in [0.15, 0.2) is 5.16 Å². The standard InChI is InChI=1S/C23H28N4O2S/c1-18-6-5-7-19(16-18)25-10-12-26(13-11-25)22(28)17-30-23-24-20-8-3-4-9-21(20)27(23)14-15-29-2/h3-9,16H,10-15,17H2,1-2H3. The number of anilines is 1. The zero-order chi connectivity index (χ0) is 20.9. The van der Waals surface area contributed by atoms with E-state index in [2.05, 4.69) is 46.7 Å². The molecule has 1 aliphatic rings. The predicted molar refractivity (Wildman–Crippen MR) is 122 cm³/mol. The number of nitrogens with zero attached hydrogens (tertiary/aromatic N) is 4. The highest BCUT2D eigenvalue weighted by Gasteiger charge is 2.22. The van der Waals surface area contributed by atoms with E-state index in [9.17, 15) is 4.79 Å². The van der Waals surface area contributed by atoms with Crippen LogP contribution in [0.1, 0.15) is 5.56 Å². The molecule has 30 heavy (non-hydrogen) atoms. The van der Waals surface area contributed by atoms with E-state index in [1.807, 2.05) is 23.1 Å². The van der Waals surface area contributed by atoms with Crippen LogP contribution in [0.3, 0.4) is 0 Å². The number of hydrogen-bond donors (Lipinski definition) is 0. The van der Waals surface area contributed by atoms with Crippen LogP contribution in [0.2, 0.25) is 0 Å². The highest BCUT2D eigenvalue weighted by atomic mass is 32.2. The maximum absolute atomic E-state index is 12.8. The summed E-state index contributed by atoms with van der Waals surface area (Å²) in [6, 6.07) is 16.6. The van der Waals surface area contributed by atoms with Gasteiger partial charge in [-0.15, -0.1) is 0 Å². The quantitative estimate of drug-likeness (QED) is 0.544. The molecule has 0 aliphatic carbocycles. The number of carbonyl (C=O) groups is 1. The average Bonchev–Trinajstić information content (AvgIpc) is 3.13. The molecule has 0 bridgehead atoms. The number of para-hydroxylation sites is 2. The first-order chi connectivity index (χ1) is 14.7. The van der Waals surface area contributed by atoms with E-state index in [0.29, 0.717) is 12.4 Å². The molecule has 0 saturated carbocycles. The van der Waals surface area contributed by atoms with Gasteiger partial charge in [0, 0.05) is 45.5 Å². The third kappa shape index (κ3) is 4.63. The van der Waals surface area contributed by atoms with E-state index in [0.717, 1.165) is 48.9 Å². The fraction of sp³-hybridized carbons (Fsp3) is 0.391. The SMILES string of the molecule is COCCn1c(SCC(=O)N2CCN(c3cccc(C)c3)CC2)nc2ccccc21. The zero-order valence-electron chi connectivity index (χ0n) is 17.6. The van der Waals surface area contributed by atoms with Gasteiger partial charge >= 0.3 is 0 Å². The van der Waals surface area contributed by atoms with Crippen LogP contribution in [0.15, 0.2) is 53.7 Å². The summed E-state index contributed by atoms with van der Waals surface area (Å²) in [5.41, 5.74) is 4.54. The van der Waals surface area contributed by atoms with Crippen LogP contribution in [0.5, 0.6) is 0 Å². The van der Waals surface area contributed by atoms with Gasteiger partial charge in [-0.05, 0) is 36.8 Å². The molecule has 2 aromatic carbocycles. The lowest BCUT2D eigenvalue weighted by Crippen LogP contribution is -2.49.